The number of aliphatic imine (C=N–C) groups is 1. The fourth-order valence-electron chi connectivity index (χ4n) is 5.79. The molecular weight excluding hydrogens is 314 g/mol. The minimum absolute atomic E-state index is 0.163. The predicted molar refractivity (Wildman–Crippen MR) is 97.6 cm³/mol. The van der Waals surface area contributed by atoms with Gasteiger partial charge in [0.2, 0.25) is 0 Å². The summed E-state index contributed by atoms with van der Waals surface area (Å²) in [5.41, 5.74) is 1.04. The van der Waals surface area contributed by atoms with Gasteiger partial charge in [0.1, 0.15) is 5.78 Å². The summed E-state index contributed by atoms with van der Waals surface area (Å²) in [6.07, 6.45) is 3.95. The Labute approximate surface area is 149 Å². The molecule has 2 aliphatic carbocycles. The second-order valence-electron chi connectivity index (χ2n) is 9.04. The van der Waals surface area contributed by atoms with Crippen LogP contribution in [0.15, 0.2) is 17.1 Å². The van der Waals surface area contributed by atoms with Gasteiger partial charge in [-0.25, -0.2) is 0 Å². The Bertz CT molecular complexity index is 793. The fourth-order valence-corrected chi connectivity index (χ4v) is 5.79. The summed E-state index contributed by atoms with van der Waals surface area (Å²) < 4.78 is 5.38. The molecular formula is C21H27NO3. The lowest BCUT2D eigenvalue weighted by Gasteiger charge is -2.63. The Morgan fingerprint density at radius 1 is 1.24 bits per heavy atom. The van der Waals surface area contributed by atoms with Crippen molar-refractivity contribution in [1.82, 2.24) is 0 Å². The first-order valence-corrected chi connectivity index (χ1v) is 9.11. The molecule has 2 bridgehead atoms. The van der Waals surface area contributed by atoms with Crippen molar-refractivity contribution in [2.45, 2.75) is 58.4 Å². The van der Waals surface area contributed by atoms with Crippen molar-refractivity contribution in [3.8, 4) is 11.5 Å². The third-order valence-corrected chi connectivity index (χ3v) is 7.67. The van der Waals surface area contributed by atoms with E-state index in [1.807, 2.05) is 18.3 Å². The second kappa shape index (κ2) is 4.87. The Kier molecular flexibility index (Phi) is 3.23. The molecule has 4 rings (SSSR count). The van der Waals surface area contributed by atoms with E-state index in [1.165, 1.54) is 0 Å². The van der Waals surface area contributed by atoms with E-state index in [9.17, 15) is 9.90 Å². The van der Waals surface area contributed by atoms with Crippen molar-refractivity contribution in [1.29, 1.82) is 0 Å². The van der Waals surface area contributed by atoms with Crippen LogP contribution in [-0.2, 0) is 16.6 Å². The molecule has 4 nitrogen and oxygen atoms in total. The lowest BCUT2D eigenvalue weighted by Crippen LogP contribution is -2.65. The summed E-state index contributed by atoms with van der Waals surface area (Å²) in [4.78, 5) is 18.0. The lowest BCUT2D eigenvalue weighted by molar-refractivity contribution is -0.152. The number of carbonyl (C=O) groups is 1. The van der Waals surface area contributed by atoms with Crippen molar-refractivity contribution in [2.24, 2.45) is 21.7 Å². The van der Waals surface area contributed by atoms with Gasteiger partial charge in [-0.2, -0.15) is 0 Å². The van der Waals surface area contributed by atoms with Crippen LogP contribution in [0.5, 0.6) is 11.5 Å². The van der Waals surface area contributed by atoms with E-state index in [0.717, 1.165) is 17.5 Å². The van der Waals surface area contributed by atoms with Crippen LogP contribution in [0, 0.1) is 16.7 Å². The van der Waals surface area contributed by atoms with Crippen molar-refractivity contribution in [3.63, 3.8) is 0 Å². The van der Waals surface area contributed by atoms with Crippen LogP contribution < -0.4 is 4.74 Å². The maximum absolute atomic E-state index is 13.2. The van der Waals surface area contributed by atoms with Crippen molar-refractivity contribution in [3.05, 3.63) is 23.3 Å². The first-order valence-electron chi connectivity index (χ1n) is 9.11. The number of hydrogen-bond acceptors (Lipinski definition) is 4. The van der Waals surface area contributed by atoms with Gasteiger partial charge in [0.25, 0.3) is 0 Å². The summed E-state index contributed by atoms with van der Waals surface area (Å²) in [5, 5.41) is 11.0. The Balaban J connectivity index is 2.03. The minimum atomic E-state index is -0.404. The first-order chi connectivity index (χ1) is 11.7. The zero-order valence-corrected chi connectivity index (χ0v) is 15.7. The zero-order valence-electron chi connectivity index (χ0n) is 15.7. The molecule has 1 aromatic rings. The smallest absolute Gasteiger partial charge is 0.161 e. The molecule has 1 aromatic carbocycles. The maximum Gasteiger partial charge on any atom is 0.161 e. The summed E-state index contributed by atoms with van der Waals surface area (Å²) in [6.45, 7) is 8.56. The highest BCUT2D eigenvalue weighted by molar-refractivity contribution is 5.89. The van der Waals surface area contributed by atoms with Crippen LogP contribution in [0.4, 0.5) is 0 Å². The van der Waals surface area contributed by atoms with E-state index >= 15 is 0 Å². The number of methoxy groups -OCH3 is 1. The van der Waals surface area contributed by atoms with Crippen molar-refractivity contribution in [2.75, 3.05) is 7.11 Å². The summed E-state index contributed by atoms with van der Waals surface area (Å²) >= 11 is 0. The second-order valence-corrected chi connectivity index (χ2v) is 9.04. The molecule has 0 amide bonds. The van der Waals surface area contributed by atoms with Crippen molar-refractivity contribution < 1.29 is 14.6 Å². The lowest BCUT2D eigenvalue weighted by atomic mass is 9.40. The number of phenolic OH excluding ortho intramolecular Hbond substituents is 1. The molecule has 0 saturated heterocycles. The normalized spacial score (nSPS) is 34.2. The molecule has 3 aliphatic rings. The van der Waals surface area contributed by atoms with Crippen LogP contribution in [0.2, 0.25) is 0 Å². The predicted octanol–water partition coefficient (Wildman–Crippen LogP) is 3.68. The molecule has 0 aromatic heterocycles. The quantitative estimate of drug-likeness (QED) is 0.848. The topological polar surface area (TPSA) is 58.9 Å². The average Bonchev–Trinajstić information content (AvgIpc) is 2.52. The van der Waals surface area contributed by atoms with Gasteiger partial charge < -0.3 is 9.84 Å². The van der Waals surface area contributed by atoms with Crippen LogP contribution in [-0.4, -0.2) is 30.3 Å². The maximum atomic E-state index is 13.2. The molecule has 25 heavy (non-hydrogen) atoms. The minimum Gasteiger partial charge on any atom is -0.504 e. The molecule has 3 atom stereocenters. The van der Waals surface area contributed by atoms with E-state index < -0.39 is 5.41 Å². The van der Waals surface area contributed by atoms with Gasteiger partial charge >= 0.3 is 0 Å². The highest BCUT2D eigenvalue weighted by atomic mass is 16.5. The van der Waals surface area contributed by atoms with E-state index in [2.05, 4.69) is 27.7 Å². The number of hydrogen-bond donors (Lipinski definition) is 1. The third-order valence-electron chi connectivity index (χ3n) is 7.67. The highest BCUT2D eigenvalue weighted by Gasteiger charge is 2.66. The number of fused-ring (bicyclic) bond motifs is 1. The van der Waals surface area contributed by atoms with Gasteiger partial charge in [-0.15, -0.1) is 0 Å². The van der Waals surface area contributed by atoms with Crippen LogP contribution in [0.3, 0.4) is 0 Å². The van der Waals surface area contributed by atoms with E-state index in [0.29, 0.717) is 18.6 Å². The van der Waals surface area contributed by atoms with Gasteiger partial charge in [-0.1, -0.05) is 33.8 Å². The zero-order chi connectivity index (χ0) is 18.2. The van der Waals surface area contributed by atoms with Gasteiger partial charge in [-0.05, 0) is 42.0 Å². The average molecular weight is 341 g/mol. The number of ketones is 1. The molecule has 1 saturated carbocycles. The molecule has 4 heteroatoms. The number of carbonyl (C=O) groups excluding carboxylic acids is 1. The third kappa shape index (κ3) is 1.83. The summed E-state index contributed by atoms with van der Waals surface area (Å²) in [5.74, 6) is 1.20. The standard InChI is InChI=1S/C21H27NO3/c1-19(2)15(23)11-21-8-9-22-13(18(21)20(19,3)4)10-12-6-7-14(25-5)17(24)16(12)21/h6-7,9,13,18,24H,8,10-11H2,1-5H3/t13-,18+,21+/m0/s1. The van der Waals surface area contributed by atoms with Gasteiger partial charge in [0.05, 0.1) is 13.2 Å². The fraction of sp³-hybridized carbons (Fsp3) is 0.619. The molecule has 1 N–H and O–H groups in total. The summed E-state index contributed by atoms with van der Waals surface area (Å²) in [6, 6.07) is 4.03. The monoisotopic (exact) mass is 341 g/mol. The molecule has 1 heterocycles. The SMILES string of the molecule is COc1ccc2c(c1O)[C@]13CC=N[C@@H](C2)[C@@H]1C(C)(C)C(C)(C)C(=O)C3. The molecule has 0 spiro atoms. The number of Topliss-reactive ketones (excluding diaryl/α,β-unsaturated/α-hetero) is 1. The molecule has 0 radical (unpaired) electrons. The molecule has 1 aliphatic heterocycles. The van der Waals surface area contributed by atoms with E-state index in [-0.39, 0.29) is 34.3 Å². The number of rotatable bonds is 1. The van der Waals surface area contributed by atoms with Crippen LogP contribution >= 0.6 is 0 Å². The Morgan fingerprint density at radius 3 is 2.64 bits per heavy atom. The highest BCUT2D eigenvalue weighted by Crippen LogP contribution is 2.66. The van der Waals surface area contributed by atoms with Gasteiger partial charge in [0, 0.05) is 22.8 Å². The Morgan fingerprint density at radius 2 is 1.96 bits per heavy atom. The van der Waals surface area contributed by atoms with Crippen molar-refractivity contribution >= 4 is 12.0 Å². The number of aromatic hydroxyl groups is 1. The van der Waals surface area contributed by atoms with Gasteiger partial charge in [-0.3, -0.25) is 9.79 Å². The number of nitrogens with zero attached hydrogens (tertiary/aromatic N) is 1. The summed E-state index contributed by atoms with van der Waals surface area (Å²) in [7, 11) is 1.57. The molecule has 0 unspecified atom stereocenters. The molecule has 1 fully saturated rings. The first kappa shape index (κ1) is 16.6. The van der Waals surface area contributed by atoms with E-state index in [4.69, 9.17) is 9.73 Å². The van der Waals surface area contributed by atoms with E-state index in [1.54, 1.807) is 7.11 Å². The van der Waals surface area contributed by atoms with Crippen LogP contribution in [0.1, 0.15) is 51.7 Å². The van der Waals surface area contributed by atoms with Gasteiger partial charge in [0.15, 0.2) is 11.5 Å². The molecule has 134 valence electrons. The number of benzene rings is 1. The largest absolute Gasteiger partial charge is 0.504 e. The Hall–Kier alpha value is -1.84. The van der Waals surface area contributed by atoms with Crippen LogP contribution in [0.25, 0.3) is 0 Å². The number of ether oxygens (including phenoxy) is 1. The number of phenols is 1.